The first-order valence-electron chi connectivity index (χ1n) is 9.05. The molecule has 0 saturated carbocycles. The molecule has 1 N–H and O–H groups in total. The number of likely N-dealkylation sites (tertiary alicyclic amines) is 2. The fourth-order valence-corrected chi connectivity index (χ4v) is 4.47. The van der Waals surface area contributed by atoms with Gasteiger partial charge >= 0.3 is 5.97 Å². The van der Waals surface area contributed by atoms with Gasteiger partial charge in [-0.2, -0.15) is 0 Å². The Morgan fingerprint density at radius 3 is 2.64 bits per heavy atom. The topological polar surface area (TPSA) is 43.8 Å². The normalized spacial score (nSPS) is 24.0. The molecule has 0 aliphatic carbocycles. The summed E-state index contributed by atoms with van der Waals surface area (Å²) in [4.78, 5) is 16.1. The quantitative estimate of drug-likeness (QED) is 0.885. The lowest BCUT2D eigenvalue weighted by atomic mass is 9.71. The number of hydrogen-bond acceptors (Lipinski definition) is 3. The average molecular weight is 352 g/mol. The number of aliphatic carboxylic acids is 1. The van der Waals surface area contributed by atoms with Crippen LogP contribution in [-0.4, -0.2) is 53.6 Å². The van der Waals surface area contributed by atoms with Crippen LogP contribution in [0, 0.1) is 23.0 Å². The fraction of sp³-hybridized carbons (Fsp3) is 0.632. The number of nitrogens with zero attached hydrogens (tertiary/aromatic N) is 2. The predicted molar refractivity (Wildman–Crippen MR) is 91.2 cm³/mol. The summed E-state index contributed by atoms with van der Waals surface area (Å²) in [5.41, 5.74) is 0.183. The summed E-state index contributed by atoms with van der Waals surface area (Å²) >= 11 is 0. The first-order chi connectivity index (χ1) is 11.9. The van der Waals surface area contributed by atoms with E-state index in [1.54, 1.807) is 6.07 Å². The van der Waals surface area contributed by atoms with Crippen LogP contribution in [0.1, 0.15) is 31.7 Å². The van der Waals surface area contributed by atoms with E-state index >= 15 is 0 Å². The van der Waals surface area contributed by atoms with Gasteiger partial charge in [-0.3, -0.25) is 9.69 Å². The number of carbonyl (C=O) groups is 1. The summed E-state index contributed by atoms with van der Waals surface area (Å²) < 4.78 is 27.2. The van der Waals surface area contributed by atoms with E-state index in [9.17, 15) is 18.7 Å². The van der Waals surface area contributed by atoms with Gasteiger partial charge in [0.1, 0.15) is 0 Å². The molecule has 2 saturated heterocycles. The Bertz CT molecular complexity index is 630. The molecule has 2 aliphatic heterocycles. The maximum absolute atomic E-state index is 13.9. The van der Waals surface area contributed by atoms with E-state index in [0.717, 1.165) is 51.5 Å². The lowest BCUT2D eigenvalue weighted by molar-refractivity contribution is -0.146. The summed E-state index contributed by atoms with van der Waals surface area (Å²) in [6, 6.07) is 4.27. The molecule has 25 heavy (non-hydrogen) atoms. The van der Waals surface area contributed by atoms with Crippen molar-refractivity contribution in [2.24, 2.45) is 11.3 Å². The zero-order chi connectivity index (χ0) is 18.0. The monoisotopic (exact) mass is 352 g/mol. The highest BCUT2D eigenvalue weighted by Crippen LogP contribution is 2.45. The third-order valence-corrected chi connectivity index (χ3v) is 5.83. The van der Waals surface area contributed by atoms with Gasteiger partial charge in [0.15, 0.2) is 11.6 Å². The standard InChI is InChI=1S/C19H26F2N2O2/c1-2-8-23-12-15(18(24)25)19(13-23)6-9-22(10-7-19)11-14-4-3-5-16(20)17(14)21/h3-5,15H,2,6-13H2,1H3,(H,24,25). The Morgan fingerprint density at radius 2 is 2.00 bits per heavy atom. The van der Waals surface area contributed by atoms with Gasteiger partial charge in [-0.25, -0.2) is 8.78 Å². The van der Waals surface area contributed by atoms with Crippen molar-refractivity contribution in [2.75, 3.05) is 32.7 Å². The van der Waals surface area contributed by atoms with Crippen LogP contribution in [0.25, 0.3) is 0 Å². The fourth-order valence-electron chi connectivity index (χ4n) is 4.47. The molecule has 2 fully saturated rings. The van der Waals surface area contributed by atoms with Gasteiger partial charge in [0.2, 0.25) is 0 Å². The molecule has 0 bridgehead atoms. The molecule has 2 aliphatic rings. The SMILES string of the molecule is CCCN1CC(C(=O)O)C2(CCN(Cc3cccc(F)c3F)CC2)C1. The van der Waals surface area contributed by atoms with E-state index in [0.29, 0.717) is 18.7 Å². The zero-order valence-corrected chi connectivity index (χ0v) is 14.7. The Balaban J connectivity index is 1.66. The van der Waals surface area contributed by atoms with Gasteiger partial charge in [0.25, 0.3) is 0 Å². The van der Waals surface area contributed by atoms with Crippen LogP contribution in [0.3, 0.4) is 0 Å². The van der Waals surface area contributed by atoms with Crippen molar-refractivity contribution in [3.63, 3.8) is 0 Å². The van der Waals surface area contributed by atoms with Crippen LogP contribution < -0.4 is 0 Å². The number of piperidine rings is 1. The minimum atomic E-state index is -0.817. The van der Waals surface area contributed by atoms with Gasteiger partial charge in [-0.1, -0.05) is 19.1 Å². The minimum absolute atomic E-state index is 0.183. The van der Waals surface area contributed by atoms with E-state index in [-0.39, 0.29) is 11.3 Å². The van der Waals surface area contributed by atoms with Crippen molar-refractivity contribution in [1.29, 1.82) is 0 Å². The average Bonchev–Trinajstić information content (AvgIpc) is 2.93. The van der Waals surface area contributed by atoms with Crippen LogP contribution in [0.15, 0.2) is 18.2 Å². The van der Waals surface area contributed by atoms with E-state index in [1.165, 1.54) is 6.07 Å². The molecule has 1 atom stereocenters. The maximum atomic E-state index is 13.9. The predicted octanol–water partition coefficient (Wildman–Crippen LogP) is 2.97. The van der Waals surface area contributed by atoms with Crippen LogP contribution in [0.5, 0.6) is 0 Å². The van der Waals surface area contributed by atoms with Crippen molar-refractivity contribution < 1.29 is 18.7 Å². The summed E-state index contributed by atoms with van der Waals surface area (Å²) in [6.45, 7) is 6.32. The van der Waals surface area contributed by atoms with Crippen LogP contribution in [-0.2, 0) is 11.3 Å². The van der Waals surface area contributed by atoms with Crippen molar-refractivity contribution in [1.82, 2.24) is 9.80 Å². The Hall–Kier alpha value is -1.53. The van der Waals surface area contributed by atoms with Crippen LogP contribution in [0.2, 0.25) is 0 Å². The summed E-state index contributed by atoms with van der Waals surface area (Å²) in [7, 11) is 0. The molecule has 1 aromatic rings. The van der Waals surface area contributed by atoms with Crippen molar-refractivity contribution in [3.05, 3.63) is 35.4 Å². The van der Waals surface area contributed by atoms with Crippen LogP contribution >= 0.6 is 0 Å². The Morgan fingerprint density at radius 1 is 1.28 bits per heavy atom. The smallest absolute Gasteiger partial charge is 0.308 e. The number of carboxylic acids is 1. The highest BCUT2D eigenvalue weighted by Gasteiger charge is 2.50. The van der Waals surface area contributed by atoms with Crippen molar-refractivity contribution >= 4 is 5.97 Å². The molecule has 1 spiro atoms. The van der Waals surface area contributed by atoms with Gasteiger partial charge < -0.3 is 10.0 Å². The van der Waals surface area contributed by atoms with Gasteiger partial charge in [0, 0.05) is 30.6 Å². The van der Waals surface area contributed by atoms with Crippen LogP contribution in [0.4, 0.5) is 8.78 Å². The number of hydrogen-bond donors (Lipinski definition) is 1. The number of benzene rings is 1. The first kappa shape index (κ1) is 18.3. The molecular formula is C19H26F2N2O2. The van der Waals surface area contributed by atoms with Gasteiger partial charge in [-0.15, -0.1) is 0 Å². The second kappa shape index (κ2) is 7.38. The summed E-state index contributed by atoms with van der Waals surface area (Å²) in [6.07, 6.45) is 2.61. The molecule has 6 heteroatoms. The zero-order valence-electron chi connectivity index (χ0n) is 14.7. The van der Waals surface area contributed by atoms with Crippen molar-refractivity contribution in [3.8, 4) is 0 Å². The highest BCUT2D eigenvalue weighted by atomic mass is 19.2. The van der Waals surface area contributed by atoms with Crippen molar-refractivity contribution in [2.45, 2.75) is 32.7 Å². The van der Waals surface area contributed by atoms with Gasteiger partial charge in [-0.05, 0) is 45.0 Å². The maximum Gasteiger partial charge on any atom is 0.308 e. The number of halogens is 2. The molecule has 0 radical (unpaired) electrons. The third-order valence-electron chi connectivity index (χ3n) is 5.83. The molecule has 138 valence electrons. The highest BCUT2D eigenvalue weighted by molar-refractivity contribution is 5.72. The second-order valence-electron chi connectivity index (χ2n) is 7.48. The number of rotatable bonds is 5. The lowest BCUT2D eigenvalue weighted by Crippen LogP contribution is -2.45. The second-order valence-corrected chi connectivity index (χ2v) is 7.48. The summed E-state index contributed by atoms with van der Waals surface area (Å²) in [5, 5.41) is 9.65. The minimum Gasteiger partial charge on any atom is -0.481 e. The van der Waals surface area contributed by atoms with E-state index < -0.39 is 17.6 Å². The molecule has 3 rings (SSSR count). The van der Waals surface area contributed by atoms with E-state index in [1.807, 2.05) is 0 Å². The Labute approximate surface area is 147 Å². The molecule has 2 heterocycles. The Kier molecular flexibility index (Phi) is 5.39. The number of carboxylic acid groups (broad SMARTS) is 1. The molecular weight excluding hydrogens is 326 g/mol. The van der Waals surface area contributed by atoms with Gasteiger partial charge in [0.05, 0.1) is 5.92 Å². The van der Waals surface area contributed by atoms with E-state index in [2.05, 4.69) is 16.7 Å². The molecule has 0 aromatic heterocycles. The first-order valence-corrected chi connectivity index (χ1v) is 9.05. The molecule has 0 amide bonds. The summed E-state index contributed by atoms with van der Waals surface area (Å²) in [5.74, 6) is -2.63. The molecule has 1 unspecified atom stereocenters. The molecule has 1 aromatic carbocycles. The third kappa shape index (κ3) is 3.70. The largest absolute Gasteiger partial charge is 0.481 e. The lowest BCUT2D eigenvalue weighted by Gasteiger charge is -2.41. The van der Waals surface area contributed by atoms with E-state index in [4.69, 9.17) is 0 Å². The molecule has 4 nitrogen and oxygen atoms in total.